The standard InChI is InChI=1S/C12H15N3O3/c1-18-12(17)9-5-11(16)15(7-9)10-4-8(6-13)2-3-14-10/h2-4,9H,5-7,13H2,1H3. The largest absolute Gasteiger partial charge is 0.469 e. The highest BCUT2D eigenvalue weighted by molar-refractivity contribution is 5.98. The first kappa shape index (κ1) is 12.5. The van der Waals surface area contributed by atoms with E-state index >= 15 is 0 Å². The van der Waals surface area contributed by atoms with Gasteiger partial charge in [0.05, 0.1) is 13.0 Å². The van der Waals surface area contributed by atoms with Crippen LogP contribution in [0.15, 0.2) is 18.3 Å². The van der Waals surface area contributed by atoms with Gasteiger partial charge in [0.25, 0.3) is 0 Å². The molecule has 1 aliphatic rings. The maximum atomic E-state index is 11.9. The summed E-state index contributed by atoms with van der Waals surface area (Å²) in [5.41, 5.74) is 6.44. The summed E-state index contributed by atoms with van der Waals surface area (Å²) < 4.78 is 4.65. The second kappa shape index (κ2) is 5.14. The monoisotopic (exact) mass is 249 g/mol. The molecule has 0 spiro atoms. The van der Waals surface area contributed by atoms with Crippen LogP contribution in [0.3, 0.4) is 0 Å². The lowest BCUT2D eigenvalue weighted by atomic mass is 10.1. The second-order valence-corrected chi connectivity index (χ2v) is 4.15. The molecule has 2 N–H and O–H groups in total. The molecule has 1 unspecified atom stereocenters. The third-order valence-corrected chi connectivity index (χ3v) is 2.98. The van der Waals surface area contributed by atoms with Crippen LogP contribution in [0.5, 0.6) is 0 Å². The number of carbonyl (C=O) groups excluding carboxylic acids is 2. The predicted molar refractivity (Wildman–Crippen MR) is 64.6 cm³/mol. The number of rotatable bonds is 3. The minimum absolute atomic E-state index is 0.118. The molecule has 1 atom stereocenters. The molecule has 6 nitrogen and oxygen atoms in total. The molecule has 1 aromatic rings. The molecule has 18 heavy (non-hydrogen) atoms. The fourth-order valence-electron chi connectivity index (χ4n) is 1.99. The van der Waals surface area contributed by atoms with Crippen molar-refractivity contribution in [3.63, 3.8) is 0 Å². The maximum absolute atomic E-state index is 11.9. The smallest absolute Gasteiger partial charge is 0.311 e. The molecule has 0 aromatic carbocycles. The summed E-state index contributed by atoms with van der Waals surface area (Å²) in [6.07, 6.45) is 1.78. The van der Waals surface area contributed by atoms with Crippen LogP contribution in [0.2, 0.25) is 0 Å². The Morgan fingerprint density at radius 3 is 3.11 bits per heavy atom. The maximum Gasteiger partial charge on any atom is 0.311 e. The zero-order valence-corrected chi connectivity index (χ0v) is 10.1. The summed E-state index contributed by atoms with van der Waals surface area (Å²) in [7, 11) is 1.32. The number of ether oxygens (including phenoxy) is 1. The lowest BCUT2D eigenvalue weighted by molar-refractivity contribution is -0.145. The van der Waals surface area contributed by atoms with E-state index in [1.54, 1.807) is 18.3 Å². The Hall–Kier alpha value is -1.95. The summed E-state index contributed by atoms with van der Waals surface area (Å²) in [5.74, 6) is -0.354. The zero-order valence-electron chi connectivity index (χ0n) is 10.1. The van der Waals surface area contributed by atoms with Crippen molar-refractivity contribution in [3.05, 3.63) is 23.9 Å². The molecule has 6 heteroatoms. The number of nitrogens with two attached hydrogens (primary N) is 1. The SMILES string of the molecule is COC(=O)C1CC(=O)N(c2cc(CN)ccn2)C1. The molecule has 0 aliphatic carbocycles. The fourth-order valence-corrected chi connectivity index (χ4v) is 1.99. The Kier molecular flexibility index (Phi) is 3.57. The minimum Gasteiger partial charge on any atom is -0.469 e. The van der Waals surface area contributed by atoms with Gasteiger partial charge in [0.15, 0.2) is 0 Å². The number of methoxy groups -OCH3 is 1. The molecule has 1 fully saturated rings. The number of anilines is 1. The number of hydrogen-bond acceptors (Lipinski definition) is 5. The Labute approximate surface area is 105 Å². The minimum atomic E-state index is -0.411. The van der Waals surface area contributed by atoms with Gasteiger partial charge in [-0.2, -0.15) is 0 Å². The van der Waals surface area contributed by atoms with Gasteiger partial charge in [0, 0.05) is 25.7 Å². The molecular formula is C12H15N3O3. The summed E-state index contributed by atoms with van der Waals surface area (Å²) in [6.45, 7) is 0.699. The Balaban J connectivity index is 2.18. The van der Waals surface area contributed by atoms with Gasteiger partial charge in [-0.25, -0.2) is 4.98 Å². The molecule has 2 heterocycles. The van der Waals surface area contributed by atoms with Crippen molar-refractivity contribution in [2.24, 2.45) is 11.7 Å². The topological polar surface area (TPSA) is 85.5 Å². The van der Waals surface area contributed by atoms with E-state index in [4.69, 9.17) is 5.73 Å². The van der Waals surface area contributed by atoms with E-state index in [0.717, 1.165) is 5.56 Å². The van der Waals surface area contributed by atoms with Crippen LogP contribution in [-0.4, -0.2) is 30.5 Å². The van der Waals surface area contributed by atoms with Crippen LogP contribution in [-0.2, 0) is 20.9 Å². The van der Waals surface area contributed by atoms with Crippen LogP contribution in [0.1, 0.15) is 12.0 Å². The van der Waals surface area contributed by atoms with Crippen LogP contribution < -0.4 is 10.6 Å². The van der Waals surface area contributed by atoms with Gasteiger partial charge in [0.2, 0.25) is 5.91 Å². The quantitative estimate of drug-likeness (QED) is 0.766. The molecule has 0 radical (unpaired) electrons. The van der Waals surface area contributed by atoms with Crippen LogP contribution in [0.4, 0.5) is 5.82 Å². The van der Waals surface area contributed by atoms with Crippen molar-refractivity contribution in [2.75, 3.05) is 18.6 Å². The third kappa shape index (κ3) is 2.33. The van der Waals surface area contributed by atoms with Crippen molar-refractivity contribution in [2.45, 2.75) is 13.0 Å². The highest BCUT2D eigenvalue weighted by atomic mass is 16.5. The Morgan fingerprint density at radius 2 is 2.44 bits per heavy atom. The van der Waals surface area contributed by atoms with Crippen LogP contribution in [0, 0.1) is 5.92 Å². The molecule has 1 amide bonds. The highest BCUT2D eigenvalue weighted by Crippen LogP contribution is 2.24. The van der Waals surface area contributed by atoms with E-state index in [9.17, 15) is 9.59 Å². The second-order valence-electron chi connectivity index (χ2n) is 4.15. The van der Waals surface area contributed by atoms with Crippen molar-refractivity contribution in [3.8, 4) is 0 Å². The zero-order chi connectivity index (χ0) is 13.1. The van der Waals surface area contributed by atoms with E-state index in [-0.39, 0.29) is 18.3 Å². The first-order chi connectivity index (χ1) is 8.65. The molecule has 1 saturated heterocycles. The lowest BCUT2D eigenvalue weighted by Crippen LogP contribution is -2.27. The normalized spacial score (nSPS) is 19.1. The third-order valence-electron chi connectivity index (χ3n) is 2.98. The molecule has 1 aliphatic heterocycles. The average Bonchev–Trinajstić information content (AvgIpc) is 2.80. The van der Waals surface area contributed by atoms with E-state index < -0.39 is 5.92 Å². The van der Waals surface area contributed by atoms with Crippen molar-refractivity contribution in [1.82, 2.24) is 4.98 Å². The van der Waals surface area contributed by atoms with Gasteiger partial charge >= 0.3 is 5.97 Å². The molecular weight excluding hydrogens is 234 g/mol. The molecule has 1 aromatic heterocycles. The average molecular weight is 249 g/mol. The van der Waals surface area contributed by atoms with E-state index in [2.05, 4.69) is 9.72 Å². The van der Waals surface area contributed by atoms with Gasteiger partial charge in [-0.05, 0) is 17.7 Å². The van der Waals surface area contributed by atoms with Gasteiger partial charge in [-0.3, -0.25) is 14.5 Å². The van der Waals surface area contributed by atoms with Crippen LogP contribution >= 0.6 is 0 Å². The van der Waals surface area contributed by atoms with E-state index in [1.807, 2.05) is 0 Å². The van der Waals surface area contributed by atoms with Crippen molar-refractivity contribution in [1.29, 1.82) is 0 Å². The number of esters is 1. The van der Waals surface area contributed by atoms with E-state index in [0.29, 0.717) is 18.9 Å². The first-order valence-electron chi connectivity index (χ1n) is 5.69. The van der Waals surface area contributed by atoms with Gasteiger partial charge in [-0.1, -0.05) is 0 Å². The first-order valence-corrected chi connectivity index (χ1v) is 5.69. The number of aromatic nitrogens is 1. The Bertz CT molecular complexity index is 475. The number of amides is 1. The predicted octanol–water partition coefficient (Wildman–Crippen LogP) is 0.0662. The van der Waals surface area contributed by atoms with Crippen molar-refractivity contribution < 1.29 is 14.3 Å². The summed E-state index contributed by atoms with van der Waals surface area (Å²) >= 11 is 0. The Morgan fingerprint density at radius 1 is 1.67 bits per heavy atom. The molecule has 0 bridgehead atoms. The van der Waals surface area contributed by atoms with Gasteiger partial charge in [0.1, 0.15) is 5.82 Å². The number of pyridine rings is 1. The van der Waals surface area contributed by atoms with Crippen LogP contribution in [0.25, 0.3) is 0 Å². The fraction of sp³-hybridized carbons (Fsp3) is 0.417. The van der Waals surface area contributed by atoms with Gasteiger partial charge in [-0.15, -0.1) is 0 Å². The molecule has 2 rings (SSSR count). The van der Waals surface area contributed by atoms with Crippen molar-refractivity contribution >= 4 is 17.7 Å². The van der Waals surface area contributed by atoms with Gasteiger partial charge < -0.3 is 10.5 Å². The summed E-state index contributed by atoms with van der Waals surface area (Å²) in [5, 5.41) is 0. The number of carbonyl (C=O) groups is 2. The summed E-state index contributed by atoms with van der Waals surface area (Å²) in [4.78, 5) is 28.9. The molecule has 0 saturated carbocycles. The highest BCUT2D eigenvalue weighted by Gasteiger charge is 2.36. The number of hydrogen-bond donors (Lipinski definition) is 1. The number of nitrogens with zero attached hydrogens (tertiary/aromatic N) is 2. The lowest BCUT2D eigenvalue weighted by Gasteiger charge is -2.15. The van der Waals surface area contributed by atoms with E-state index in [1.165, 1.54) is 12.0 Å². The molecule has 96 valence electrons. The summed E-state index contributed by atoms with van der Waals surface area (Å²) in [6, 6.07) is 3.55.